The highest BCUT2D eigenvalue weighted by atomic mass is 32.1. The number of amides is 1. The van der Waals surface area contributed by atoms with Gasteiger partial charge < -0.3 is 10.4 Å². The molecule has 2 rings (SSSR count). The Morgan fingerprint density at radius 1 is 1.50 bits per heavy atom. The van der Waals surface area contributed by atoms with Crippen LogP contribution in [0.3, 0.4) is 0 Å². The minimum Gasteiger partial charge on any atom is -0.477 e. The maximum absolute atomic E-state index is 11.9. The van der Waals surface area contributed by atoms with Crippen LogP contribution in [0.2, 0.25) is 0 Å². The molecule has 0 spiro atoms. The molecule has 0 aliphatic carbocycles. The predicted molar refractivity (Wildman–Crippen MR) is 66.8 cm³/mol. The number of carbonyl (C=O) groups is 2. The Labute approximate surface area is 107 Å². The predicted octanol–water partition coefficient (Wildman–Crippen LogP) is 1.84. The van der Waals surface area contributed by atoms with Gasteiger partial charge in [-0.3, -0.25) is 9.48 Å². The van der Waals surface area contributed by atoms with Crippen molar-refractivity contribution in [2.45, 2.75) is 13.0 Å². The van der Waals surface area contributed by atoms with Crippen LogP contribution in [0.15, 0.2) is 30.6 Å². The van der Waals surface area contributed by atoms with E-state index >= 15 is 0 Å². The van der Waals surface area contributed by atoms with Gasteiger partial charge in [0.1, 0.15) is 10.9 Å². The number of aromatic carboxylic acids is 1. The first kappa shape index (κ1) is 12.3. The zero-order valence-electron chi connectivity index (χ0n) is 9.53. The molecule has 0 bridgehead atoms. The van der Waals surface area contributed by atoms with Gasteiger partial charge in [0.2, 0.25) is 5.91 Å². The van der Waals surface area contributed by atoms with Crippen LogP contribution >= 0.6 is 11.3 Å². The van der Waals surface area contributed by atoms with E-state index in [2.05, 4.69) is 10.4 Å². The number of anilines is 1. The van der Waals surface area contributed by atoms with E-state index in [1.807, 2.05) is 0 Å². The van der Waals surface area contributed by atoms with Gasteiger partial charge in [0.15, 0.2) is 0 Å². The zero-order chi connectivity index (χ0) is 13.1. The van der Waals surface area contributed by atoms with E-state index in [1.165, 1.54) is 10.7 Å². The maximum atomic E-state index is 11.9. The Balaban J connectivity index is 2.04. The molecule has 6 nitrogen and oxygen atoms in total. The van der Waals surface area contributed by atoms with Crippen LogP contribution < -0.4 is 5.32 Å². The van der Waals surface area contributed by atoms with Gasteiger partial charge in [0.25, 0.3) is 0 Å². The van der Waals surface area contributed by atoms with E-state index in [-0.39, 0.29) is 10.8 Å². The Morgan fingerprint density at radius 2 is 2.28 bits per heavy atom. The molecule has 0 aliphatic heterocycles. The van der Waals surface area contributed by atoms with Crippen molar-refractivity contribution < 1.29 is 14.7 Å². The quantitative estimate of drug-likeness (QED) is 0.883. The van der Waals surface area contributed by atoms with E-state index in [1.54, 1.807) is 31.5 Å². The number of carboxylic acids is 1. The lowest BCUT2D eigenvalue weighted by atomic mass is 10.3. The molecular formula is C11H11N3O3S. The van der Waals surface area contributed by atoms with Crippen molar-refractivity contribution in [3.05, 3.63) is 35.5 Å². The van der Waals surface area contributed by atoms with Crippen molar-refractivity contribution in [3.8, 4) is 0 Å². The summed E-state index contributed by atoms with van der Waals surface area (Å²) < 4.78 is 1.53. The second kappa shape index (κ2) is 5.01. The van der Waals surface area contributed by atoms with Gasteiger partial charge >= 0.3 is 5.97 Å². The van der Waals surface area contributed by atoms with E-state index < -0.39 is 12.0 Å². The summed E-state index contributed by atoms with van der Waals surface area (Å²) in [6, 6.07) is 4.32. The molecular weight excluding hydrogens is 254 g/mol. The third kappa shape index (κ3) is 2.57. The fourth-order valence-electron chi connectivity index (χ4n) is 1.38. The number of thiophene rings is 1. The highest BCUT2D eigenvalue weighted by Gasteiger charge is 2.16. The molecule has 1 amide bonds. The molecule has 0 saturated carbocycles. The van der Waals surface area contributed by atoms with Gasteiger partial charge in [-0.25, -0.2) is 4.79 Å². The topological polar surface area (TPSA) is 84.2 Å². The van der Waals surface area contributed by atoms with Gasteiger partial charge in [0, 0.05) is 12.4 Å². The van der Waals surface area contributed by atoms with E-state index in [9.17, 15) is 9.59 Å². The third-order valence-corrected chi connectivity index (χ3v) is 3.35. The van der Waals surface area contributed by atoms with Crippen LogP contribution in [0.5, 0.6) is 0 Å². The van der Waals surface area contributed by atoms with Gasteiger partial charge in [-0.05, 0) is 25.1 Å². The smallest absolute Gasteiger partial charge is 0.345 e. The number of carbonyl (C=O) groups excluding carboxylic acids is 1. The highest BCUT2D eigenvalue weighted by molar-refractivity contribution is 7.18. The minimum atomic E-state index is -0.999. The Kier molecular flexibility index (Phi) is 3.42. The summed E-state index contributed by atoms with van der Waals surface area (Å²) >= 11 is 1.02. The number of carboxylic acid groups (broad SMARTS) is 1. The standard InChI is InChI=1S/C11H11N3O3S/c1-7(14-6-2-5-12-14)10(15)13-9-4-3-8(18-9)11(16)17/h2-7H,1H3,(H,13,15)(H,16,17). The summed E-state index contributed by atoms with van der Waals surface area (Å²) in [4.78, 5) is 22.8. The lowest BCUT2D eigenvalue weighted by Crippen LogP contribution is -2.23. The number of aromatic nitrogens is 2. The van der Waals surface area contributed by atoms with Gasteiger partial charge in [-0.2, -0.15) is 5.10 Å². The minimum absolute atomic E-state index is 0.192. The summed E-state index contributed by atoms with van der Waals surface area (Å²) in [6.07, 6.45) is 3.29. The highest BCUT2D eigenvalue weighted by Crippen LogP contribution is 2.22. The zero-order valence-corrected chi connectivity index (χ0v) is 10.3. The average Bonchev–Trinajstić information content (AvgIpc) is 2.98. The van der Waals surface area contributed by atoms with Crippen LogP contribution in [-0.4, -0.2) is 26.8 Å². The van der Waals surface area contributed by atoms with Crippen molar-refractivity contribution in [1.29, 1.82) is 0 Å². The van der Waals surface area contributed by atoms with Crippen LogP contribution in [-0.2, 0) is 4.79 Å². The van der Waals surface area contributed by atoms with E-state index in [0.717, 1.165) is 11.3 Å². The lowest BCUT2D eigenvalue weighted by Gasteiger charge is -2.11. The van der Waals surface area contributed by atoms with Crippen molar-refractivity contribution in [1.82, 2.24) is 9.78 Å². The maximum Gasteiger partial charge on any atom is 0.345 e. The first-order valence-electron chi connectivity index (χ1n) is 5.21. The molecule has 2 aromatic rings. The molecule has 7 heteroatoms. The van der Waals surface area contributed by atoms with E-state index in [4.69, 9.17) is 5.11 Å². The number of nitrogens with zero attached hydrogens (tertiary/aromatic N) is 2. The van der Waals surface area contributed by atoms with Crippen LogP contribution in [0, 0.1) is 0 Å². The van der Waals surface area contributed by atoms with Crippen LogP contribution in [0.25, 0.3) is 0 Å². The Bertz CT molecular complexity index is 562. The molecule has 18 heavy (non-hydrogen) atoms. The number of hydrogen-bond acceptors (Lipinski definition) is 4. The fourth-order valence-corrected chi connectivity index (χ4v) is 2.12. The monoisotopic (exact) mass is 265 g/mol. The average molecular weight is 265 g/mol. The third-order valence-electron chi connectivity index (χ3n) is 2.36. The largest absolute Gasteiger partial charge is 0.477 e. The Hall–Kier alpha value is -2.15. The molecule has 0 aromatic carbocycles. The molecule has 0 fully saturated rings. The summed E-state index contributed by atoms with van der Waals surface area (Å²) in [5.74, 6) is -1.24. The van der Waals surface area contributed by atoms with Crippen molar-refractivity contribution in [2.24, 2.45) is 0 Å². The second-order valence-corrected chi connectivity index (χ2v) is 4.70. The first-order valence-corrected chi connectivity index (χ1v) is 6.02. The molecule has 1 unspecified atom stereocenters. The Morgan fingerprint density at radius 3 is 2.83 bits per heavy atom. The first-order chi connectivity index (χ1) is 8.58. The number of nitrogens with one attached hydrogen (secondary N) is 1. The normalized spacial score (nSPS) is 12.1. The van der Waals surface area contributed by atoms with Crippen molar-refractivity contribution >= 4 is 28.2 Å². The number of hydrogen-bond donors (Lipinski definition) is 2. The summed E-state index contributed by atoms with van der Waals surface area (Å²) in [5.41, 5.74) is 0. The molecule has 0 aliphatic rings. The number of rotatable bonds is 4. The summed E-state index contributed by atoms with van der Waals surface area (Å²) in [6.45, 7) is 1.72. The molecule has 2 N–H and O–H groups in total. The molecule has 2 aromatic heterocycles. The molecule has 0 radical (unpaired) electrons. The van der Waals surface area contributed by atoms with Crippen molar-refractivity contribution in [2.75, 3.05) is 5.32 Å². The molecule has 1 atom stereocenters. The molecule has 2 heterocycles. The van der Waals surface area contributed by atoms with E-state index in [0.29, 0.717) is 5.00 Å². The molecule has 0 saturated heterocycles. The van der Waals surface area contributed by atoms with Gasteiger partial charge in [0.05, 0.1) is 5.00 Å². The summed E-state index contributed by atoms with van der Waals surface area (Å²) in [5, 5.41) is 15.9. The lowest BCUT2D eigenvalue weighted by molar-refractivity contribution is -0.119. The second-order valence-electron chi connectivity index (χ2n) is 3.62. The van der Waals surface area contributed by atoms with Gasteiger partial charge in [-0.15, -0.1) is 11.3 Å². The van der Waals surface area contributed by atoms with Crippen LogP contribution in [0.1, 0.15) is 22.6 Å². The molecule has 94 valence electrons. The van der Waals surface area contributed by atoms with Crippen LogP contribution in [0.4, 0.5) is 5.00 Å². The SMILES string of the molecule is CC(C(=O)Nc1ccc(C(=O)O)s1)n1cccn1. The fraction of sp³-hybridized carbons (Fsp3) is 0.182. The van der Waals surface area contributed by atoms with Crippen molar-refractivity contribution in [3.63, 3.8) is 0 Å². The van der Waals surface area contributed by atoms with Gasteiger partial charge in [-0.1, -0.05) is 0 Å². The summed E-state index contributed by atoms with van der Waals surface area (Å²) in [7, 11) is 0.